The predicted molar refractivity (Wildman–Crippen MR) is 68.8 cm³/mol. The molecule has 0 saturated carbocycles. The molecule has 0 aliphatic carbocycles. The SMILES string of the molecule is COCCCNCC(C)N1CCCCC1C. The number of likely N-dealkylation sites (tertiary alicyclic amines) is 1. The third-order valence-electron chi connectivity index (χ3n) is 3.56. The first-order chi connectivity index (χ1) is 7.75. The van der Waals surface area contributed by atoms with E-state index in [1.807, 2.05) is 0 Å². The van der Waals surface area contributed by atoms with E-state index in [2.05, 4.69) is 24.1 Å². The Morgan fingerprint density at radius 2 is 2.25 bits per heavy atom. The van der Waals surface area contributed by atoms with E-state index in [0.717, 1.165) is 32.2 Å². The van der Waals surface area contributed by atoms with E-state index in [-0.39, 0.29) is 0 Å². The van der Waals surface area contributed by atoms with Crippen LogP contribution in [-0.2, 0) is 4.74 Å². The summed E-state index contributed by atoms with van der Waals surface area (Å²) in [4.78, 5) is 2.65. The van der Waals surface area contributed by atoms with Crippen molar-refractivity contribution in [1.29, 1.82) is 0 Å². The fourth-order valence-corrected chi connectivity index (χ4v) is 2.54. The van der Waals surface area contributed by atoms with Crippen LogP contribution in [0.2, 0.25) is 0 Å². The Bertz CT molecular complexity index is 175. The molecule has 1 heterocycles. The second-order valence-corrected chi connectivity index (χ2v) is 4.98. The van der Waals surface area contributed by atoms with Gasteiger partial charge in [0.2, 0.25) is 0 Å². The second kappa shape index (κ2) is 8.04. The molecule has 0 radical (unpaired) electrons. The smallest absolute Gasteiger partial charge is 0.0474 e. The van der Waals surface area contributed by atoms with Crippen LogP contribution in [0.5, 0.6) is 0 Å². The zero-order valence-corrected chi connectivity index (χ0v) is 11.2. The van der Waals surface area contributed by atoms with Gasteiger partial charge in [0.25, 0.3) is 0 Å². The third kappa shape index (κ3) is 4.81. The minimum atomic E-state index is 0.665. The van der Waals surface area contributed by atoms with Gasteiger partial charge < -0.3 is 10.1 Å². The summed E-state index contributed by atoms with van der Waals surface area (Å²) in [6.45, 7) is 9.02. The molecule has 1 fully saturated rings. The summed E-state index contributed by atoms with van der Waals surface area (Å²) >= 11 is 0. The van der Waals surface area contributed by atoms with E-state index in [4.69, 9.17) is 4.74 Å². The van der Waals surface area contributed by atoms with Crippen molar-refractivity contribution in [2.24, 2.45) is 0 Å². The first kappa shape index (κ1) is 13.9. The molecule has 1 rings (SSSR count). The maximum Gasteiger partial charge on any atom is 0.0474 e. The largest absolute Gasteiger partial charge is 0.385 e. The summed E-state index contributed by atoms with van der Waals surface area (Å²) in [5.41, 5.74) is 0. The number of piperidine rings is 1. The monoisotopic (exact) mass is 228 g/mol. The molecule has 3 heteroatoms. The van der Waals surface area contributed by atoms with Crippen LogP contribution < -0.4 is 5.32 Å². The molecule has 0 amide bonds. The number of nitrogens with zero attached hydrogens (tertiary/aromatic N) is 1. The molecule has 1 N–H and O–H groups in total. The predicted octanol–water partition coefficient (Wildman–Crippen LogP) is 1.88. The minimum Gasteiger partial charge on any atom is -0.385 e. The van der Waals surface area contributed by atoms with Crippen molar-refractivity contribution in [3.63, 3.8) is 0 Å². The number of hydrogen-bond donors (Lipinski definition) is 1. The van der Waals surface area contributed by atoms with Gasteiger partial charge in [-0.15, -0.1) is 0 Å². The van der Waals surface area contributed by atoms with Crippen molar-refractivity contribution in [3.8, 4) is 0 Å². The standard InChI is InChI=1S/C13H28N2O/c1-12-7-4-5-9-15(12)13(2)11-14-8-6-10-16-3/h12-14H,4-11H2,1-3H3. The summed E-state index contributed by atoms with van der Waals surface area (Å²) in [6.07, 6.45) is 5.26. The molecular formula is C13H28N2O. The molecule has 0 spiro atoms. The van der Waals surface area contributed by atoms with Crippen LogP contribution in [0.3, 0.4) is 0 Å². The number of ether oxygens (including phenoxy) is 1. The molecule has 0 bridgehead atoms. The van der Waals surface area contributed by atoms with E-state index in [1.165, 1.54) is 25.8 Å². The zero-order valence-electron chi connectivity index (χ0n) is 11.2. The van der Waals surface area contributed by atoms with Crippen LogP contribution in [-0.4, -0.2) is 50.3 Å². The van der Waals surface area contributed by atoms with Gasteiger partial charge in [0.15, 0.2) is 0 Å². The molecule has 0 aromatic carbocycles. The lowest BCUT2D eigenvalue weighted by atomic mass is 10.0. The second-order valence-electron chi connectivity index (χ2n) is 4.98. The van der Waals surface area contributed by atoms with Gasteiger partial charge in [0, 0.05) is 32.3 Å². The van der Waals surface area contributed by atoms with Crippen molar-refractivity contribution < 1.29 is 4.74 Å². The fraction of sp³-hybridized carbons (Fsp3) is 1.00. The highest BCUT2D eigenvalue weighted by molar-refractivity contribution is 4.79. The van der Waals surface area contributed by atoms with E-state index >= 15 is 0 Å². The summed E-state index contributed by atoms with van der Waals surface area (Å²) in [5.74, 6) is 0. The van der Waals surface area contributed by atoms with Gasteiger partial charge in [0.05, 0.1) is 0 Å². The maximum absolute atomic E-state index is 5.03. The zero-order chi connectivity index (χ0) is 11.8. The van der Waals surface area contributed by atoms with Crippen molar-refractivity contribution >= 4 is 0 Å². The topological polar surface area (TPSA) is 24.5 Å². The van der Waals surface area contributed by atoms with Crippen LogP contribution in [0.1, 0.15) is 39.5 Å². The van der Waals surface area contributed by atoms with Gasteiger partial charge in [-0.1, -0.05) is 6.42 Å². The molecule has 1 aliphatic heterocycles. The molecular weight excluding hydrogens is 200 g/mol. The van der Waals surface area contributed by atoms with E-state index in [9.17, 15) is 0 Å². The quantitative estimate of drug-likeness (QED) is 0.673. The summed E-state index contributed by atoms with van der Waals surface area (Å²) < 4.78 is 5.03. The van der Waals surface area contributed by atoms with Gasteiger partial charge in [-0.25, -0.2) is 0 Å². The van der Waals surface area contributed by atoms with E-state index < -0.39 is 0 Å². The van der Waals surface area contributed by atoms with Gasteiger partial charge in [0.1, 0.15) is 0 Å². The van der Waals surface area contributed by atoms with Crippen LogP contribution in [0, 0.1) is 0 Å². The third-order valence-corrected chi connectivity index (χ3v) is 3.56. The highest BCUT2D eigenvalue weighted by atomic mass is 16.5. The highest BCUT2D eigenvalue weighted by Gasteiger charge is 2.22. The van der Waals surface area contributed by atoms with Gasteiger partial charge >= 0.3 is 0 Å². The Labute approximate surface area is 101 Å². The number of methoxy groups -OCH3 is 1. The van der Waals surface area contributed by atoms with Crippen molar-refractivity contribution in [3.05, 3.63) is 0 Å². The highest BCUT2D eigenvalue weighted by Crippen LogP contribution is 2.18. The minimum absolute atomic E-state index is 0.665. The number of nitrogens with one attached hydrogen (secondary N) is 1. The maximum atomic E-state index is 5.03. The van der Waals surface area contributed by atoms with Gasteiger partial charge in [-0.3, -0.25) is 4.90 Å². The Balaban J connectivity index is 2.10. The number of hydrogen-bond acceptors (Lipinski definition) is 3. The van der Waals surface area contributed by atoms with Gasteiger partial charge in [-0.05, 0) is 46.2 Å². The van der Waals surface area contributed by atoms with E-state index in [1.54, 1.807) is 7.11 Å². The Kier molecular flexibility index (Phi) is 7.01. The van der Waals surface area contributed by atoms with Crippen molar-refractivity contribution in [2.45, 2.75) is 51.6 Å². The average molecular weight is 228 g/mol. The van der Waals surface area contributed by atoms with Crippen LogP contribution in [0.15, 0.2) is 0 Å². The first-order valence-corrected chi connectivity index (χ1v) is 6.71. The molecule has 2 atom stereocenters. The molecule has 0 aromatic heterocycles. The molecule has 1 aliphatic rings. The van der Waals surface area contributed by atoms with Crippen LogP contribution in [0.25, 0.3) is 0 Å². The normalized spacial score (nSPS) is 24.6. The fourth-order valence-electron chi connectivity index (χ4n) is 2.54. The number of rotatable bonds is 7. The lowest BCUT2D eigenvalue weighted by Crippen LogP contribution is -2.47. The lowest BCUT2D eigenvalue weighted by molar-refractivity contribution is 0.112. The molecule has 1 saturated heterocycles. The molecule has 2 unspecified atom stereocenters. The molecule has 0 aromatic rings. The Morgan fingerprint density at radius 3 is 2.94 bits per heavy atom. The Morgan fingerprint density at radius 1 is 1.44 bits per heavy atom. The molecule has 16 heavy (non-hydrogen) atoms. The summed E-state index contributed by atoms with van der Waals surface area (Å²) in [6, 6.07) is 1.43. The average Bonchev–Trinajstić information content (AvgIpc) is 2.29. The Hall–Kier alpha value is -0.120. The lowest BCUT2D eigenvalue weighted by Gasteiger charge is -2.38. The summed E-state index contributed by atoms with van der Waals surface area (Å²) in [5, 5.41) is 3.52. The first-order valence-electron chi connectivity index (χ1n) is 6.71. The van der Waals surface area contributed by atoms with Gasteiger partial charge in [-0.2, -0.15) is 0 Å². The van der Waals surface area contributed by atoms with Crippen molar-refractivity contribution in [2.75, 3.05) is 33.4 Å². The van der Waals surface area contributed by atoms with Crippen molar-refractivity contribution in [1.82, 2.24) is 10.2 Å². The molecule has 3 nitrogen and oxygen atoms in total. The van der Waals surface area contributed by atoms with Crippen LogP contribution in [0.4, 0.5) is 0 Å². The molecule has 96 valence electrons. The summed E-state index contributed by atoms with van der Waals surface area (Å²) in [7, 11) is 1.76. The van der Waals surface area contributed by atoms with E-state index in [0.29, 0.717) is 6.04 Å². The van der Waals surface area contributed by atoms with Crippen LogP contribution >= 0.6 is 0 Å².